The van der Waals surface area contributed by atoms with E-state index in [0.717, 1.165) is 11.3 Å². The van der Waals surface area contributed by atoms with Crippen molar-refractivity contribution in [3.8, 4) is 5.75 Å². The quantitative estimate of drug-likeness (QED) is 0.673. The molecule has 0 saturated heterocycles. The van der Waals surface area contributed by atoms with Crippen molar-refractivity contribution in [1.29, 1.82) is 0 Å². The topological polar surface area (TPSA) is 50.7 Å². The molecule has 0 spiro atoms. The molecule has 1 N–H and O–H groups in total. The summed E-state index contributed by atoms with van der Waals surface area (Å²) in [6.07, 6.45) is 1.59. The smallest absolute Gasteiger partial charge is 0.281 e. The van der Waals surface area contributed by atoms with Gasteiger partial charge in [0.15, 0.2) is 0 Å². The fourth-order valence-electron chi connectivity index (χ4n) is 1.48. The first kappa shape index (κ1) is 13.3. The average Bonchev–Trinajstić information content (AvgIpc) is 2.93. The predicted octanol–water partition coefficient (Wildman–Crippen LogP) is 2.91. The highest BCUT2D eigenvalue weighted by Crippen LogP contribution is 2.11. The molecule has 2 rings (SSSR count). The lowest BCUT2D eigenvalue weighted by atomic mass is 10.2. The summed E-state index contributed by atoms with van der Waals surface area (Å²) < 4.78 is 5.39. The molecule has 0 atom stereocenters. The van der Waals surface area contributed by atoms with Gasteiger partial charge in [0.05, 0.1) is 17.7 Å². The number of ether oxygens (including phenoxy) is 1. The Balaban J connectivity index is 1.95. The number of hydrogen-bond acceptors (Lipinski definition) is 4. The van der Waals surface area contributed by atoms with Crippen LogP contribution in [0.3, 0.4) is 0 Å². The van der Waals surface area contributed by atoms with Crippen LogP contribution >= 0.6 is 11.3 Å². The normalized spacial score (nSPS) is 10.6. The van der Waals surface area contributed by atoms with E-state index in [9.17, 15) is 4.79 Å². The summed E-state index contributed by atoms with van der Waals surface area (Å²) in [5, 5.41) is 5.78. The molecule has 0 aliphatic rings. The first-order valence-electron chi connectivity index (χ1n) is 5.89. The summed E-state index contributed by atoms with van der Waals surface area (Å²) in [4.78, 5) is 12.3. The molecule has 0 bridgehead atoms. The van der Waals surface area contributed by atoms with Crippen molar-refractivity contribution in [3.63, 3.8) is 0 Å². The van der Waals surface area contributed by atoms with E-state index in [2.05, 4.69) is 10.5 Å². The van der Waals surface area contributed by atoms with Gasteiger partial charge in [-0.2, -0.15) is 5.10 Å². The highest BCUT2D eigenvalue weighted by Gasteiger charge is 2.03. The van der Waals surface area contributed by atoms with Crippen LogP contribution < -0.4 is 10.2 Å². The van der Waals surface area contributed by atoms with Gasteiger partial charge in [-0.1, -0.05) is 18.2 Å². The minimum absolute atomic E-state index is 0.202. The molecule has 0 unspecified atom stereocenters. The Hall–Kier alpha value is -2.14. The maximum atomic E-state index is 11.6. The molecule has 1 aromatic heterocycles. The number of nitrogens with one attached hydrogen (secondary N) is 1. The van der Waals surface area contributed by atoms with Crippen LogP contribution in [0.5, 0.6) is 5.75 Å². The Labute approximate surface area is 115 Å². The van der Waals surface area contributed by atoms with E-state index >= 15 is 0 Å². The van der Waals surface area contributed by atoms with E-state index in [1.807, 2.05) is 42.6 Å². The van der Waals surface area contributed by atoms with Gasteiger partial charge < -0.3 is 4.74 Å². The molecule has 1 heterocycles. The Morgan fingerprint density at radius 2 is 2.32 bits per heavy atom. The molecule has 1 aromatic carbocycles. The third-order valence-corrected chi connectivity index (χ3v) is 3.16. The van der Waals surface area contributed by atoms with Crippen LogP contribution in [-0.4, -0.2) is 18.7 Å². The van der Waals surface area contributed by atoms with Gasteiger partial charge in [0.1, 0.15) is 5.75 Å². The highest BCUT2D eigenvalue weighted by atomic mass is 32.1. The summed E-state index contributed by atoms with van der Waals surface area (Å²) in [5.41, 5.74) is 3.36. The van der Waals surface area contributed by atoms with Gasteiger partial charge in [0.25, 0.3) is 5.91 Å². The SMILES string of the molecule is CCOc1cccc(C=NNC(=O)c2cccs2)c1. The summed E-state index contributed by atoms with van der Waals surface area (Å²) >= 11 is 1.38. The first-order valence-corrected chi connectivity index (χ1v) is 6.77. The second kappa shape index (κ2) is 6.70. The van der Waals surface area contributed by atoms with Crippen molar-refractivity contribution in [1.82, 2.24) is 5.43 Å². The summed E-state index contributed by atoms with van der Waals surface area (Å²) in [7, 11) is 0. The summed E-state index contributed by atoms with van der Waals surface area (Å²) in [5.74, 6) is 0.586. The lowest BCUT2D eigenvalue weighted by molar-refractivity contribution is 0.0959. The van der Waals surface area contributed by atoms with Crippen molar-refractivity contribution < 1.29 is 9.53 Å². The van der Waals surface area contributed by atoms with Crippen LogP contribution in [0.15, 0.2) is 46.9 Å². The number of thiophene rings is 1. The van der Waals surface area contributed by atoms with E-state index in [1.165, 1.54) is 11.3 Å². The van der Waals surface area contributed by atoms with Gasteiger partial charge in [-0.05, 0) is 36.1 Å². The molecule has 19 heavy (non-hydrogen) atoms. The van der Waals surface area contributed by atoms with Crippen LogP contribution in [0.2, 0.25) is 0 Å². The molecule has 0 radical (unpaired) electrons. The number of carbonyl (C=O) groups excluding carboxylic acids is 1. The van der Waals surface area contributed by atoms with Crippen LogP contribution in [0, 0.1) is 0 Å². The molecular weight excluding hydrogens is 260 g/mol. The Bertz CT molecular complexity index is 565. The Morgan fingerprint density at radius 3 is 3.05 bits per heavy atom. The van der Waals surface area contributed by atoms with Crippen molar-refractivity contribution >= 4 is 23.5 Å². The fourth-order valence-corrected chi connectivity index (χ4v) is 2.09. The van der Waals surface area contributed by atoms with Crippen LogP contribution in [0.25, 0.3) is 0 Å². The zero-order valence-corrected chi connectivity index (χ0v) is 11.3. The maximum absolute atomic E-state index is 11.6. The lowest BCUT2D eigenvalue weighted by Crippen LogP contribution is -2.16. The predicted molar refractivity (Wildman–Crippen MR) is 77.0 cm³/mol. The number of rotatable bonds is 5. The molecule has 2 aromatic rings. The van der Waals surface area contributed by atoms with Gasteiger partial charge in [-0.25, -0.2) is 5.43 Å². The van der Waals surface area contributed by atoms with Crippen LogP contribution in [-0.2, 0) is 0 Å². The fraction of sp³-hybridized carbons (Fsp3) is 0.143. The van der Waals surface area contributed by atoms with E-state index in [1.54, 1.807) is 12.3 Å². The van der Waals surface area contributed by atoms with Gasteiger partial charge in [0.2, 0.25) is 0 Å². The van der Waals surface area contributed by atoms with Gasteiger partial charge >= 0.3 is 0 Å². The van der Waals surface area contributed by atoms with Crippen LogP contribution in [0.1, 0.15) is 22.2 Å². The van der Waals surface area contributed by atoms with Gasteiger partial charge in [0, 0.05) is 0 Å². The van der Waals surface area contributed by atoms with E-state index < -0.39 is 0 Å². The zero-order valence-electron chi connectivity index (χ0n) is 10.5. The zero-order chi connectivity index (χ0) is 13.5. The van der Waals surface area contributed by atoms with Crippen LogP contribution in [0.4, 0.5) is 0 Å². The largest absolute Gasteiger partial charge is 0.494 e. The molecule has 0 saturated carbocycles. The molecule has 5 heteroatoms. The Morgan fingerprint density at radius 1 is 1.42 bits per heavy atom. The molecular formula is C14H14N2O2S. The molecule has 1 amide bonds. The molecule has 0 aliphatic carbocycles. The number of amides is 1. The lowest BCUT2D eigenvalue weighted by Gasteiger charge is -2.02. The van der Waals surface area contributed by atoms with Gasteiger partial charge in [-0.3, -0.25) is 4.79 Å². The number of benzene rings is 1. The minimum Gasteiger partial charge on any atom is -0.494 e. The molecule has 4 nitrogen and oxygen atoms in total. The standard InChI is InChI=1S/C14H14N2O2S/c1-2-18-12-6-3-5-11(9-12)10-15-16-14(17)13-7-4-8-19-13/h3-10H,2H2,1H3,(H,16,17). The molecule has 98 valence electrons. The first-order chi connectivity index (χ1) is 9.29. The Kier molecular flexibility index (Phi) is 4.69. The summed E-state index contributed by atoms with van der Waals surface area (Å²) in [6.45, 7) is 2.55. The molecule has 0 aliphatic heterocycles. The third kappa shape index (κ3) is 3.93. The number of hydrazone groups is 1. The number of hydrogen-bond donors (Lipinski definition) is 1. The van der Waals surface area contributed by atoms with Crippen molar-refractivity contribution in [2.24, 2.45) is 5.10 Å². The molecule has 0 fully saturated rings. The van der Waals surface area contributed by atoms with E-state index in [0.29, 0.717) is 11.5 Å². The highest BCUT2D eigenvalue weighted by molar-refractivity contribution is 7.12. The van der Waals surface area contributed by atoms with E-state index in [-0.39, 0.29) is 5.91 Å². The second-order valence-corrected chi connectivity index (χ2v) is 4.63. The van der Waals surface area contributed by atoms with Crippen molar-refractivity contribution in [3.05, 3.63) is 52.2 Å². The minimum atomic E-state index is -0.202. The second-order valence-electron chi connectivity index (χ2n) is 3.68. The van der Waals surface area contributed by atoms with E-state index in [4.69, 9.17) is 4.74 Å². The number of nitrogens with zero attached hydrogens (tertiary/aromatic N) is 1. The van der Waals surface area contributed by atoms with Crippen molar-refractivity contribution in [2.75, 3.05) is 6.61 Å². The average molecular weight is 274 g/mol. The third-order valence-electron chi connectivity index (χ3n) is 2.29. The number of carbonyl (C=O) groups is 1. The van der Waals surface area contributed by atoms with Crippen molar-refractivity contribution in [2.45, 2.75) is 6.92 Å². The monoisotopic (exact) mass is 274 g/mol. The van der Waals surface area contributed by atoms with Gasteiger partial charge in [-0.15, -0.1) is 11.3 Å². The summed E-state index contributed by atoms with van der Waals surface area (Å²) in [6, 6.07) is 11.1. The maximum Gasteiger partial charge on any atom is 0.281 e.